The van der Waals surface area contributed by atoms with Gasteiger partial charge in [0.2, 0.25) is 0 Å². The monoisotopic (exact) mass is 453 g/mol. The number of hydrogen-bond acceptors (Lipinski definition) is 2. The van der Waals surface area contributed by atoms with Gasteiger partial charge in [-0.2, -0.15) is 12.1 Å². The molecule has 0 spiro atoms. The van der Waals surface area contributed by atoms with Gasteiger partial charge in [-0.25, -0.2) is 4.68 Å². The molecular formula is C17H14IrN3-. The minimum absolute atomic E-state index is 0. The van der Waals surface area contributed by atoms with Crippen LogP contribution in [0.1, 0.15) is 25.0 Å². The molecule has 0 bridgehead atoms. The standard InChI is InChI=1S/C17H14N3.Ir/c1-17(2)15-6-4-3-5-13(15)14-8-7-12(11-16(14)17)20-10-9-18-19-20;/h3-6,8-11H,1-2H3;/q-1;. The van der Waals surface area contributed by atoms with Crippen molar-refractivity contribution in [3.63, 3.8) is 0 Å². The molecular weight excluding hydrogens is 438 g/mol. The number of aromatic nitrogens is 3. The normalized spacial score (nSPS) is 14.2. The van der Waals surface area contributed by atoms with E-state index in [9.17, 15) is 0 Å². The Bertz CT molecular complexity index is 792. The Balaban J connectivity index is 0.00000132. The van der Waals surface area contributed by atoms with E-state index in [1.165, 1.54) is 22.3 Å². The molecule has 0 N–H and O–H groups in total. The summed E-state index contributed by atoms with van der Waals surface area (Å²) in [5.41, 5.74) is 6.23. The summed E-state index contributed by atoms with van der Waals surface area (Å²) in [7, 11) is 0. The van der Waals surface area contributed by atoms with E-state index in [0.29, 0.717) is 0 Å². The van der Waals surface area contributed by atoms with E-state index >= 15 is 0 Å². The smallest absolute Gasteiger partial charge is 0.0696 e. The topological polar surface area (TPSA) is 30.7 Å². The third-order valence-corrected chi connectivity index (χ3v) is 4.17. The summed E-state index contributed by atoms with van der Waals surface area (Å²) in [5, 5.41) is 7.91. The third-order valence-electron chi connectivity index (χ3n) is 4.17. The number of hydrogen-bond donors (Lipinski definition) is 0. The molecule has 1 aromatic heterocycles. The van der Waals surface area contributed by atoms with Gasteiger partial charge in [-0.1, -0.05) is 48.9 Å². The predicted molar refractivity (Wildman–Crippen MR) is 77.8 cm³/mol. The Kier molecular flexibility index (Phi) is 3.31. The molecule has 1 radical (unpaired) electrons. The van der Waals surface area contributed by atoms with Crippen molar-refractivity contribution in [3.8, 4) is 16.8 Å². The van der Waals surface area contributed by atoms with Crippen LogP contribution in [0.2, 0.25) is 0 Å². The minimum Gasteiger partial charge on any atom is -0.245 e. The van der Waals surface area contributed by atoms with Crippen molar-refractivity contribution in [2.24, 2.45) is 0 Å². The van der Waals surface area contributed by atoms with Crippen LogP contribution in [0.15, 0.2) is 48.8 Å². The van der Waals surface area contributed by atoms with Gasteiger partial charge in [0.25, 0.3) is 0 Å². The molecule has 107 valence electrons. The van der Waals surface area contributed by atoms with E-state index in [1.54, 1.807) is 10.9 Å². The van der Waals surface area contributed by atoms with Crippen LogP contribution >= 0.6 is 0 Å². The molecule has 0 saturated carbocycles. The first-order chi connectivity index (χ1) is 9.68. The van der Waals surface area contributed by atoms with Gasteiger partial charge in [0.1, 0.15) is 0 Å². The zero-order valence-electron chi connectivity index (χ0n) is 11.8. The van der Waals surface area contributed by atoms with Crippen LogP contribution in [-0.2, 0) is 25.5 Å². The average Bonchev–Trinajstić information content (AvgIpc) is 3.07. The van der Waals surface area contributed by atoms with Crippen molar-refractivity contribution >= 4 is 0 Å². The zero-order chi connectivity index (χ0) is 13.7. The van der Waals surface area contributed by atoms with Gasteiger partial charge >= 0.3 is 0 Å². The summed E-state index contributed by atoms with van der Waals surface area (Å²) < 4.78 is 1.75. The average molecular weight is 453 g/mol. The fourth-order valence-corrected chi connectivity index (χ4v) is 3.10. The van der Waals surface area contributed by atoms with Crippen LogP contribution in [0.25, 0.3) is 16.8 Å². The number of nitrogens with zero attached hydrogens (tertiary/aromatic N) is 3. The molecule has 0 saturated heterocycles. The zero-order valence-corrected chi connectivity index (χ0v) is 14.2. The van der Waals surface area contributed by atoms with Gasteiger partial charge in [0.15, 0.2) is 0 Å². The van der Waals surface area contributed by atoms with Gasteiger partial charge in [0, 0.05) is 26.3 Å². The van der Waals surface area contributed by atoms with E-state index < -0.39 is 0 Å². The van der Waals surface area contributed by atoms with Crippen LogP contribution in [0.3, 0.4) is 0 Å². The van der Waals surface area contributed by atoms with Crippen molar-refractivity contribution in [2.75, 3.05) is 0 Å². The molecule has 0 amide bonds. The molecule has 1 aliphatic rings. The van der Waals surface area contributed by atoms with E-state index in [2.05, 4.69) is 66.6 Å². The van der Waals surface area contributed by atoms with Gasteiger partial charge in [-0.15, -0.1) is 22.3 Å². The molecule has 4 rings (SSSR count). The van der Waals surface area contributed by atoms with Gasteiger partial charge in [-0.3, -0.25) is 0 Å². The van der Waals surface area contributed by atoms with E-state index in [1.807, 2.05) is 6.20 Å². The third kappa shape index (κ3) is 1.98. The summed E-state index contributed by atoms with van der Waals surface area (Å²) in [6.45, 7) is 4.53. The van der Waals surface area contributed by atoms with Crippen LogP contribution in [0.5, 0.6) is 0 Å². The Morgan fingerprint density at radius 3 is 2.67 bits per heavy atom. The second-order valence-corrected chi connectivity index (χ2v) is 5.66. The van der Waals surface area contributed by atoms with Gasteiger partial charge in [-0.05, 0) is 16.7 Å². The summed E-state index contributed by atoms with van der Waals surface area (Å²) in [5.74, 6) is 0. The van der Waals surface area contributed by atoms with Crippen molar-refractivity contribution in [2.45, 2.75) is 19.3 Å². The molecule has 21 heavy (non-hydrogen) atoms. The van der Waals surface area contributed by atoms with Crippen molar-refractivity contribution in [1.29, 1.82) is 0 Å². The van der Waals surface area contributed by atoms with E-state index in [0.717, 1.165) is 5.69 Å². The molecule has 0 atom stereocenters. The van der Waals surface area contributed by atoms with Gasteiger partial charge < -0.3 is 0 Å². The second-order valence-electron chi connectivity index (χ2n) is 5.66. The SMILES string of the molecule is CC1(C)c2ccccc2-c2c[c-]c(-n3ccnn3)cc21.[Ir]. The van der Waals surface area contributed by atoms with E-state index in [-0.39, 0.29) is 25.5 Å². The Labute approximate surface area is 137 Å². The van der Waals surface area contributed by atoms with Crippen LogP contribution in [0, 0.1) is 6.07 Å². The quantitative estimate of drug-likeness (QED) is 0.530. The van der Waals surface area contributed by atoms with Crippen LogP contribution in [-0.4, -0.2) is 15.0 Å². The summed E-state index contributed by atoms with van der Waals surface area (Å²) in [6, 6.07) is 16.1. The van der Waals surface area contributed by atoms with Crippen molar-refractivity contribution < 1.29 is 20.1 Å². The van der Waals surface area contributed by atoms with E-state index in [4.69, 9.17) is 0 Å². The largest absolute Gasteiger partial charge is 0.245 e. The molecule has 4 heteroatoms. The molecule has 0 aliphatic heterocycles. The maximum atomic E-state index is 4.04. The Morgan fingerprint density at radius 1 is 1.10 bits per heavy atom. The molecule has 0 unspecified atom stereocenters. The molecule has 3 nitrogen and oxygen atoms in total. The number of fused-ring (bicyclic) bond motifs is 3. The fourth-order valence-electron chi connectivity index (χ4n) is 3.10. The first kappa shape index (κ1) is 14.2. The molecule has 1 heterocycles. The van der Waals surface area contributed by atoms with Crippen LogP contribution < -0.4 is 0 Å². The van der Waals surface area contributed by atoms with Crippen molar-refractivity contribution in [3.05, 3.63) is 66.0 Å². The maximum absolute atomic E-state index is 4.04. The number of benzene rings is 2. The summed E-state index contributed by atoms with van der Waals surface area (Å²) in [6.07, 6.45) is 3.52. The first-order valence-corrected chi connectivity index (χ1v) is 6.71. The minimum atomic E-state index is 0. The molecule has 3 aromatic rings. The summed E-state index contributed by atoms with van der Waals surface area (Å²) >= 11 is 0. The Hall–Kier alpha value is -1.77. The molecule has 0 fully saturated rings. The number of rotatable bonds is 1. The fraction of sp³-hybridized carbons (Fsp3) is 0.176. The maximum Gasteiger partial charge on any atom is 0.0696 e. The predicted octanol–water partition coefficient (Wildman–Crippen LogP) is 3.37. The second kappa shape index (κ2) is 4.90. The molecule has 2 aromatic carbocycles. The molecule has 1 aliphatic carbocycles. The van der Waals surface area contributed by atoms with Crippen molar-refractivity contribution in [1.82, 2.24) is 15.0 Å². The first-order valence-electron chi connectivity index (χ1n) is 6.71. The van der Waals surface area contributed by atoms with Gasteiger partial charge in [0.05, 0.1) is 6.20 Å². The summed E-state index contributed by atoms with van der Waals surface area (Å²) in [4.78, 5) is 0. The van der Waals surface area contributed by atoms with Crippen LogP contribution in [0.4, 0.5) is 0 Å². The Morgan fingerprint density at radius 2 is 1.90 bits per heavy atom.